The van der Waals surface area contributed by atoms with Gasteiger partial charge in [0.1, 0.15) is 0 Å². The Hall–Kier alpha value is -0.120. The van der Waals surface area contributed by atoms with Gasteiger partial charge in [-0.1, -0.05) is 32.6 Å². The summed E-state index contributed by atoms with van der Waals surface area (Å²) in [5.41, 5.74) is 0. The highest BCUT2D eigenvalue weighted by atomic mass is 16.8. The second-order valence-corrected chi connectivity index (χ2v) is 3.74. The van der Waals surface area contributed by atoms with E-state index in [2.05, 4.69) is 6.92 Å². The Balaban J connectivity index is 3.65. The van der Waals surface area contributed by atoms with E-state index in [1.165, 1.54) is 19.3 Å². The molecule has 3 heteroatoms. The number of ether oxygens (including phenoxy) is 2. The molecule has 0 aromatic carbocycles. The maximum Gasteiger partial charge on any atom is 0.280 e. The van der Waals surface area contributed by atoms with Crippen LogP contribution in [0.5, 0.6) is 0 Å². The van der Waals surface area contributed by atoms with Gasteiger partial charge in [-0.25, -0.2) is 0 Å². The largest absolute Gasteiger partial charge is 0.343 e. The zero-order chi connectivity index (χ0) is 11.6. The van der Waals surface area contributed by atoms with E-state index in [-0.39, 0.29) is 0 Å². The van der Waals surface area contributed by atoms with Crippen molar-refractivity contribution in [3.8, 4) is 0 Å². The Kier molecular flexibility index (Phi) is 9.06. The molecule has 3 nitrogen and oxygen atoms in total. The van der Waals surface area contributed by atoms with E-state index in [1.807, 2.05) is 13.8 Å². The minimum absolute atomic E-state index is 0.478. The van der Waals surface area contributed by atoms with Crippen LogP contribution in [0.3, 0.4) is 0 Å². The molecular formula is C12H26O3. The zero-order valence-corrected chi connectivity index (χ0v) is 10.4. The maximum atomic E-state index is 9.92. The molecule has 0 rings (SSSR count). The van der Waals surface area contributed by atoms with Crippen LogP contribution in [0.4, 0.5) is 0 Å². The molecule has 0 aromatic heterocycles. The van der Waals surface area contributed by atoms with Crippen molar-refractivity contribution in [1.82, 2.24) is 0 Å². The topological polar surface area (TPSA) is 38.7 Å². The highest BCUT2D eigenvalue weighted by molar-refractivity contribution is 4.55. The summed E-state index contributed by atoms with van der Waals surface area (Å²) in [5, 5.41) is 9.92. The highest BCUT2D eigenvalue weighted by Gasteiger charge is 2.26. The van der Waals surface area contributed by atoms with Crippen LogP contribution < -0.4 is 0 Å². The molecule has 0 aliphatic carbocycles. The second-order valence-electron chi connectivity index (χ2n) is 3.74. The molecule has 0 saturated carbocycles. The summed E-state index contributed by atoms with van der Waals surface area (Å²) in [4.78, 5) is 0. The Labute approximate surface area is 93.8 Å². The SMILES string of the molecule is CCCCCCCC(O)(OCC)OCC. The second kappa shape index (κ2) is 9.13. The lowest BCUT2D eigenvalue weighted by atomic mass is 10.1. The van der Waals surface area contributed by atoms with E-state index in [0.29, 0.717) is 19.6 Å². The third-order valence-electron chi connectivity index (χ3n) is 2.34. The lowest BCUT2D eigenvalue weighted by molar-refractivity contribution is -0.360. The molecule has 15 heavy (non-hydrogen) atoms. The van der Waals surface area contributed by atoms with E-state index in [4.69, 9.17) is 9.47 Å². The van der Waals surface area contributed by atoms with Crippen LogP contribution in [-0.2, 0) is 9.47 Å². The van der Waals surface area contributed by atoms with Gasteiger partial charge in [-0.15, -0.1) is 0 Å². The van der Waals surface area contributed by atoms with Gasteiger partial charge in [0.25, 0.3) is 5.97 Å². The standard InChI is InChI=1S/C12H26O3/c1-4-7-8-9-10-11-12(13,14-5-2)15-6-3/h13H,4-11H2,1-3H3. The molecule has 0 unspecified atom stereocenters. The third-order valence-corrected chi connectivity index (χ3v) is 2.34. The Morgan fingerprint density at radius 2 is 1.40 bits per heavy atom. The van der Waals surface area contributed by atoms with E-state index in [9.17, 15) is 5.11 Å². The maximum absolute atomic E-state index is 9.92. The molecule has 0 aliphatic heterocycles. The Morgan fingerprint density at radius 1 is 0.867 bits per heavy atom. The van der Waals surface area contributed by atoms with Crippen molar-refractivity contribution < 1.29 is 14.6 Å². The lowest BCUT2D eigenvalue weighted by Gasteiger charge is -2.26. The number of rotatable bonds is 10. The first-order valence-corrected chi connectivity index (χ1v) is 6.18. The van der Waals surface area contributed by atoms with E-state index in [0.717, 1.165) is 12.8 Å². The van der Waals surface area contributed by atoms with Gasteiger partial charge in [0.15, 0.2) is 0 Å². The summed E-state index contributed by atoms with van der Waals surface area (Å²) in [5.74, 6) is -1.35. The van der Waals surface area contributed by atoms with Gasteiger partial charge in [0, 0.05) is 19.6 Å². The summed E-state index contributed by atoms with van der Waals surface area (Å²) in [6.07, 6.45) is 6.39. The first kappa shape index (κ1) is 14.9. The fraction of sp³-hybridized carbons (Fsp3) is 1.00. The van der Waals surface area contributed by atoms with Gasteiger partial charge in [-0.3, -0.25) is 0 Å². The highest BCUT2D eigenvalue weighted by Crippen LogP contribution is 2.19. The fourth-order valence-electron chi connectivity index (χ4n) is 1.59. The molecule has 0 bridgehead atoms. The van der Waals surface area contributed by atoms with Crippen molar-refractivity contribution >= 4 is 0 Å². The summed E-state index contributed by atoms with van der Waals surface area (Å²) in [6, 6.07) is 0. The first-order valence-electron chi connectivity index (χ1n) is 6.18. The molecule has 0 saturated heterocycles. The van der Waals surface area contributed by atoms with Gasteiger partial charge < -0.3 is 14.6 Å². The summed E-state index contributed by atoms with van der Waals surface area (Å²) < 4.78 is 10.4. The molecule has 0 fully saturated rings. The van der Waals surface area contributed by atoms with Crippen molar-refractivity contribution in [1.29, 1.82) is 0 Å². The van der Waals surface area contributed by atoms with Crippen LogP contribution in [0.1, 0.15) is 59.3 Å². The predicted molar refractivity (Wildman–Crippen MR) is 61.6 cm³/mol. The molecule has 0 spiro atoms. The van der Waals surface area contributed by atoms with Gasteiger partial charge >= 0.3 is 0 Å². The monoisotopic (exact) mass is 218 g/mol. The van der Waals surface area contributed by atoms with Crippen molar-refractivity contribution in [2.45, 2.75) is 65.3 Å². The predicted octanol–water partition coefficient (Wildman–Crippen LogP) is 3.07. The minimum atomic E-state index is -1.35. The molecular weight excluding hydrogens is 192 g/mol. The Bertz CT molecular complexity index is 131. The van der Waals surface area contributed by atoms with Gasteiger partial charge in [0.05, 0.1) is 0 Å². The first-order chi connectivity index (χ1) is 7.18. The zero-order valence-electron chi connectivity index (χ0n) is 10.4. The normalized spacial score (nSPS) is 12.0. The minimum Gasteiger partial charge on any atom is -0.343 e. The average molecular weight is 218 g/mol. The summed E-state index contributed by atoms with van der Waals surface area (Å²) >= 11 is 0. The number of hydrogen-bond donors (Lipinski definition) is 1. The molecule has 1 N–H and O–H groups in total. The van der Waals surface area contributed by atoms with E-state index >= 15 is 0 Å². The van der Waals surface area contributed by atoms with Crippen LogP contribution >= 0.6 is 0 Å². The molecule has 0 heterocycles. The van der Waals surface area contributed by atoms with Crippen molar-refractivity contribution in [3.05, 3.63) is 0 Å². The van der Waals surface area contributed by atoms with Crippen LogP contribution in [0.25, 0.3) is 0 Å². The van der Waals surface area contributed by atoms with Crippen LogP contribution in [0, 0.1) is 0 Å². The van der Waals surface area contributed by atoms with E-state index in [1.54, 1.807) is 0 Å². The van der Waals surface area contributed by atoms with Crippen LogP contribution in [0.15, 0.2) is 0 Å². The molecule has 0 amide bonds. The van der Waals surface area contributed by atoms with Gasteiger partial charge in [-0.05, 0) is 20.3 Å². The molecule has 0 radical (unpaired) electrons. The van der Waals surface area contributed by atoms with Crippen LogP contribution in [-0.4, -0.2) is 24.3 Å². The van der Waals surface area contributed by atoms with Crippen molar-refractivity contribution in [2.75, 3.05) is 13.2 Å². The molecule has 0 aliphatic rings. The smallest absolute Gasteiger partial charge is 0.280 e. The molecule has 0 atom stereocenters. The van der Waals surface area contributed by atoms with Gasteiger partial charge in [-0.2, -0.15) is 0 Å². The summed E-state index contributed by atoms with van der Waals surface area (Å²) in [7, 11) is 0. The summed E-state index contributed by atoms with van der Waals surface area (Å²) in [6.45, 7) is 6.87. The van der Waals surface area contributed by atoms with Crippen LogP contribution in [0.2, 0.25) is 0 Å². The Morgan fingerprint density at radius 3 is 1.87 bits per heavy atom. The molecule has 0 aromatic rings. The van der Waals surface area contributed by atoms with Crippen molar-refractivity contribution in [2.24, 2.45) is 0 Å². The van der Waals surface area contributed by atoms with Crippen molar-refractivity contribution in [3.63, 3.8) is 0 Å². The fourth-order valence-corrected chi connectivity index (χ4v) is 1.59. The van der Waals surface area contributed by atoms with E-state index < -0.39 is 5.97 Å². The van der Waals surface area contributed by atoms with Gasteiger partial charge in [0.2, 0.25) is 0 Å². The number of unbranched alkanes of at least 4 members (excludes halogenated alkanes) is 4. The lowest BCUT2D eigenvalue weighted by Crippen LogP contribution is -2.35. The average Bonchev–Trinajstić information content (AvgIpc) is 2.18. The molecule has 92 valence electrons. The quantitative estimate of drug-likeness (QED) is 0.452. The third kappa shape index (κ3) is 7.77. The number of hydrogen-bond acceptors (Lipinski definition) is 3. The number of aliphatic hydroxyl groups is 1.